The molecule has 1 saturated heterocycles. The van der Waals surface area contributed by atoms with Gasteiger partial charge in [0.15, 0.2) is 6.10 Å². The molecule has 1 amide bonds. The van der Waals surface area contributed by atoms with Gasteiger partial charge >= 0.3 is 5.97 Å². The number of ether oxygens (including phenoxy) is 2. The average Bonchev–Trinajstić information content (AvgIpc) is 2.55. The number of aliphatic carboxylic acids is 1. The molecular weight excluding hydrogens is 286 g/mol. The van der Waals surface area contributed by atoms with E-state index in [0.29, 0.717) is 19.6 Å². The lowest BCUT2D eigenvalue weighted by atomic mass is 9.90. The van der Waals surface area contributed by atoms with Crippen molar-refractivity contribution in [3.8, 4) is 5.75 Å². The number of hydrogen-bond acceptors (Lipinski definition) is 4. The highest BCUT2D eigenvalue weighted by atomic mass is 16.5. The monoisotopic (exact) mass is 305 g/mol. The van der Waals surface area contributed by atoms with Crippen LogP contribution in [0.4, 0.5) is 0 Å². The molecule has 0 radical (unpaired) electrons. The minimum Gasteiger partial charge on any atom is -0.493 e. The van der Waals surface area contributed by atoms with Crippen molar-refractivity contribution < 1.29 is 24.2 Å². The van der Waals surface area contributed by atoms with Gasteiger partial charge in [0.1, 0.15) is 5.75 Å². The Morgan fingerprint density at radius 2 is 2.09 bits per heavy atom. The quantitative estimate of drug-likeness (QED) is 0.909. The van der Waals surface area contributed by atoms with Crippen molar-refractivity contribution in [2.24, 2.45) is 0 Å². The van der Waals surface area contributed by atoms with E-state index < -0.39 is 12.1 Å². The fourth-order valence-corrected chi connectivity index (χ4v) is 2.99. The van der Waals surface area contributed by atoms with Gasteiger partial charge in [-0.3, -0.25) is 4.79 Å². The molecule has 2 aliphatic heterocycles. The second-order valence-corrected chi connectivity index (χ2v) is 5.61. The van der Waals surface area contributed by atoms with Crippen molar-refractivity contribution >= 4 is 11.9 Å². The Labute approximate surface area is 128 Å². The number of fused-ring (bicyclic) bond motifs is 1. The first-order chi connectivity index (χ1) is 10.6. The number of amides is 1. The standard InChI is InChI=1S/C16H19NO5/c18-15(17-6-8-22-14(10-17)16(19)20)9-11-5-7-21-13-4-2-1-3-12(11)13/h1-4,11,14H,5-10H2,(H,19,20)/t11-,14+/m0/s1. The minimum atomic E-state index is -1.02. The van der Waals surface area contributed by atoms with Gasteiger partial charge in [-0.25, -0.2) is 4.79 Å². The third-order valence-electron chi connectivity index (χ3n) is 4.20. The van der Waals surface area contributed by atoms with E-state index in [1.54, 1.807) is 4.90 Å². The van der Waals surface area contributed by atoms with E-state index in [1.807, 2.05) is 24.3 Å². The van der Waals surface area contributed by atoms with Gasteiger partial charge in [-0.05, 0) is 24.0 Å². The SMILES string of the molecule is O=C(O)[C@H]1CN(C(=O)C[C@@H]2CCOc3ccccc32)CCO1. The first kappa shape index (κ1) is 14.8. The van der Waals surface area contributed by atoms with E-state index in [2.05, 4.69) is 0 Å². The maximum Gasteiger partial charge on any atom is 0.334 e. The molecular formula is C16H19NO5. The molecule has 1 aromatic rings. The molecule has 1 aromatic carbocycles. The zero-order valence-corrected chi connectivity index (χ0v) is 12.2. The highest BCUT2D eigenvalue weighted by Gasteiger charge is 2.31. The van der Waals surface area contributed by atoms with Crippen LogP contribution in [-0.2, 0) is 14.3 Å². The zero-order chi connectivity index (χ0) is 15.5. The Hall–Kier alpha value is -2.08. The van der Waals surface area contributed by atoms with Gasteiger partial charge in [0.25, 0.3) is 0 Å². The van der Waals surface area contributed by atoms with Crippen LogP contribution < -0.4 is 4.74 Å². The van der Waals surface area contributed by atoms with Crippen molar-refractivity contribution in [2.45, 2.75) is 24.9 Å². The maximum absolute atomic E-state index is 12.5. The number of carbonyl (C=O) groups is 2. The maximum atomic E-state index is 12.5. The van der Waals surface area contributed by atoms with E-state index in [0.717, 1.165) is 17.7 Å². The lowest BCUT2D eigenvalue weighted by Crippen LogP contribution is -2.48. The van der Waals surface area contributed by atoms with Crippen LogP contribution in [0.2, 0.25) is 0 Å². The van der Waals surface area contributed by atoms with E-state index in [-0.39, 0.29) is 25.0 Å². The molecule has 1 N–H and O–H groups in total. The molecule has 3 rings (SSSR count). The van der Waals surface area contributed by atoms with E-state index in [1.165, 1.54) is 0 Å². The van der Waals surface area contributed by atoms with E-state index in [4.69, 9.17) is 14.6 Å². The summed E-state index contributed by atoms with van der Waals surface area (Å²) in [5, 5.41) is 9.01. The predicted octanol–water partition coefficient (Wildman–Crippen LogP) is 1.25. The third-order valence-corrected chi connectivity index (χ3v) is 4.20. The fraction of sp³-hybridized carbons (Fsp3) is 0.500. The summed E-state index contributed by atoms with van der Waals surface area (Å²) in [5.41, 5.74) is 1.06. The number of benzene rings is 1. The number of carboxylic acid groups (broad SMARTS) is 1. The molecule has 6 heteroatoms. The second kappa shape index (κ2) is 6.36. The molecule has 0 spiro atoms. The van der Waals surface area contributed by atoms with Crippen molar-refractivity contribution in [3.05, 3.63) is 29.8 Å². The highest BCUT2D eigenvalue weighted by Crippen LogP contribution is 2.35. The van der Waals surface area contributed by atoms with Gasteiger partial charge in [0.2, 0.25) is 5.91 Å². The Morgan fingerprint density at radius 3 is 2.91 bits per heavy atom. The smallest absolute Gasteiger partial charge is 0.334 e. The second-order valence-electron chi connectivity index (χ2n) is 5.61. The topological polar surface area (TPSA) is 76.1 Å². The molecule has 0 unspecified atom stereocenters. The van der Waals surface area contributed by atoms with Crippen LogP contribution in [0.5, 0.6) is 5.75 Å². The number of rotatable bonds is 3. The number of nitrogens with zero attached hydrogens (tertiary/aromatic N) is 1. The summed E-state index contributed by atoms with van der Waals surface area (Å²) >= 11 is 0. The van der Waals surface area contributed by atoms with E-state index >= 15 is 0 Å². The minimum absolute atomic E-state index is 0.0174. The number of hydrogen-bond donors (Lipinski definition) is 1. The lowest BCUT2D eigenvalue weighted by molar-refractivity contribution is -0.159. The predicted molar refractivity (Wildman–Crippen MR) is 77.9 cm³/mol. The molecule has 0 aromatic heterocycles. The van der Waals surface area contributed by atoms with Crippen molar-refractivity contribution in [3.63, 3.8) is 0 Å². The molecule has 1 fully saturated rings. The third kappa shape index (κ3) is 3.06. The summed E-state index contributed by atoms with van der Waals surface area (Å²) < 4.78 is 10.8. The Morgan fingerprint density at radius 1 is 1.27 bits per heavy atom. The van der Waals surface area contributed by atoms with Crippen LogP contribution in [0.25, 0.3) is 0 Å². The number of morpholine rings is 1. The van der Waals surface area contributed by atoms with Crippen LogP contribution in [-0.4, -0.2) is 54.3 Å². The molecule has 2 heterocycles. The molecule has 2 atom stereocenters. The summed E-state index contributed by atoms with van der Waals surface area (Å²) in [6.45, 7) is 1.45. The summed E-state index contributed by atoms with van der Waals surface area (Å²) in [7, 11) is 0. The number of para-hydroxylation sites is 1. The lowest BCUT2D eigenvalue weighted by Gasteiger charge is -2.33. The molecule has 118 valence electrons. The largest absolute Gasteiger partial charge is 0.493 e. The van der Waals surface area contributed by atoms with Gasteiger partial charge in [-0.2, -0.15) is 0 Å². The first-order valence-corrected chi connectivity index (χ1v) is 7.49. The van der Waals surface area contributed by atoms with Gasteiger partial charge < -0.3 is 19.5 Å². The van der Waals surface area contributed by atoms with Crippen LogP contribution in [0.3, 0.4) is 0 Å². The number of carbonyl (C=O) groups excluding carboxylic acids is 1. The molecule has 2 aliphatic rings. The molecule has 0 aliphatic carbocycles. The Balaban J connectivity index is 1.66. The summed E-state index contributed by atoms with van der Waals surface area (Å²) in [6.07, 6.45) is 0.266. The van der Waals surface area contributed by atoms with Crippen LogP contribution in [0.1, 0.15) is 24.3 Å². The summed E-state index contributed by atoms with van der Waals surface area (Å²) in [5.74, 6) is -0.0642. The zero-order valence-electron chi connectivity index (χ0n) is 12.2. The summed E-state index contributed by atoms with van der Waals surface area (Å²) in [4.78, 5) is 25.1. The van der Waals surface area contributed by atoms with Crippen molar-refractivity contribution in [1.82, 2.24) is 4.90 Å². The van der Waals surface area contributed by atoms with Crippen LogP contribution >= 0.6 is 0 Å². The van der Waals surface area contributed by atoms with Gasteiger partial charge in [0.05, 0.1) is 19.8 Å². The van der Waals surface area contributed by atoms with Gasteiger partial charge in [-0.1, -0.05) is 18.2 Å². The molecule has 6 nitrogen and oxygen atoms in total. The van der Waals surface area contributed by atoms with Crippen molar-refractivity contribution in [1.29, 1.82) is 0 Å². The average molecular weight is 305 g/mol. The van der Waals surface area contributed by atoms with Crippen LogP contribution in [0, 0.1) is 0 Å². The highest BCUT2D eigenvalue weighted by molar-refractivity contribution is 5.79. The first-order valence-electron chi connectivity index (χ1n) is 7.49. The van der Waals surface area contributed by atoms with Gasteiger partial charge in [0, 0.05) is 13.0 Å². The Kier molecular flexibility index (Phi) is 4.29. The molecule has 22 heavy (non-hydrogen) atoms. The van der Waals surface area contributed by atoms with Crippen LogP contribution in [0.15, 0.2) is 24.3 Å². The van der Waals surface area contributed by atoms with E-state index in [9.17, 15) is 9.59 Å². The normalized spacial score (nSPS) is 24.3. The Bertz CT molecular complexity index is 573. The molecule has 0 bridgehead atoms. The van der Waals surface area contributed by atoms with Gasteiger partial charge in [-0.15, -0.1) is 0 Å². The number of carboxylic acids is 1. The van der Waals surface area contributed by atoms with Crippen molar-refractivity contribution in [2.75, 3.05) is 26.3 Å². The summed E-state index contributed by atoms with van der Waals surface area (Å²) in [6, 6.07) is 7.77. The molecule has 0 saturated carbocycles. The fourth-order valence-electron chi connectivity index (χ4n) is 2.99.